The first-order valence-electron chi connectivity index (χ1n) is 10.7. The Kier molecular flexibility index (Phi) is 7.57. The van der Waals surface area contributed by atoms with Crippen molar-refractivity contribution in [1.29, 1.82) is 0 Å². The zero-order valence-electron chi connectivity index (χ0n) is 17.6. The first kappa shape index (κ1) is 20.9. The molecule has 2 unspecified atom stereocenters. The number of carbonyl (C=O) groups excluding carboxylic acids is 1. The molecule has 2 fully saturated rings. The molecule has 0 radical (unpaired) electrons. The largest absolute Gasteiger partial charge is 0.490 e. The van der Waals surface area contributed by atoms with Crippen LogP contribution in [-0.2, 0) is 11.3 Å². The summed E-state index contributed by atoms with van der Waals surface area (Å²) in [6, 6.07) is 7.10. The summed E-state index contributed by atoms with van der Waals surface area (Å²) in [7, 11) is 0. The predicted octanol–water partition coefficient (Wildman–Crippen LogP) is 2.66. The van der Waals surface area contributed by atoms with Gasteiger partial charge in [-0.15, -0.1) is 0 Å². The van der Waals surface area contributed by atoms with E-state index in [0.717, 1.165) is 51.3 Å². The Balaban J connectivity index is 1.62. The minimum Gasteiger partial charge on any atom is -0.490 e. The second-order valence-corrected chi connectivity index (χ2v) is 8.03. The smallest absolute Gasteiger partial charge is 0.260 e. The predicted molar refractivity (Wildman–Crippen MR) is 111 cm³/mol. The van der Waals surface area contributed by atoms with Crippen LogP contribution in [0.15, 0.2) is 18.2 Å². The number of piperazine rings is 1. The van der Waals surface area contributed by atoms with Gasteiger partial charge in [-0.1, -0.05) is 6.07 Å². The minimum absolute atomic E-state index is 0.0647. The summed E-state index contributed by atoms with van der Waals surface area (Å²) < 4.78 is 11.7. The Morgan fingerprint density at radius 2 is 1.93 bits per heavy atom. The molecule has 2 heterocycles. The normalized spacial score (nSPS) is 23.5. The van der Waals surface area contributed by atoms with Gasteiger partial charge in [-0.3, -0.25) is 9.69 Å². The average molecular weight is 390 g/mol. The van der Waals surface area contributed by atoms with Gasteiger partial charge < -0.3 is 19.7 Å². The molecule has 0 bridgehead atoms. The van der Waals surface area contributed by atoms with E-state index in [1.54, 1.807) is 0 Å². The lowest BCUT2D eigenvalue weighted by Crippen LogP contribution is -2.53. The highest BCUT2D eigenvalue weighted by molar-refractivity contribution is 5.78. The van der Waals surface area contributed by atoms with Gasteiger partial charge in [0.25, 0.3) is 5.91 Å². The highest BCUT2D eigenvalue weighted by atomic mass is 16.5. The molecule has 0 aliphatic carbocycles. The highest BCUT2D eigenvalue weighted by Gasteiger charge is 2.23. The van der Waals surface area contributed by atoms with Gasteiger partial charge in [0.15, 0.2) is 18.1 Å². The fourth-order valence-electron chi connectivity index (χ4n) is 3.96. The number of piperidine rings is 1. The number of ether oxygens (including phenoxy) is 2. The summed E-state index contributed by atoms with van der Waals surface area (Å²) >= 11 is 0. The molecule has 1 aromatic carbocycles. The van der Waals surface area contributed by atoms with Gasteiger partial charge in [0.1, 0.15) is 0 Å². The van der Waals surface area contributed by atoms with Gasteiger partial charge in [0.2, 0.25) is 0 Å². The third-order valence-electron chi connectivity index (χ3n) is 5.65. The highest BCUT2D eigenvalue weighted by Crippen LogP contribution is 2.29. The van der Waals surface area contributed by atoms with Crippen molar-refractivity contribution in [2.24, 2.45) is 0 Å². The number of hydrogen-bond donors (Lipinski definition) is 1. The summed E-state index contributed by atoms with van der Waals surface area (Å²) in [4.78, 5) is 16.8. The van der Waals surface area contributed by atoms with Crippen LogP contribution < -0.4 is 14.8 Å². The zero-order chi connectivity index (χ0) is 19.9. The second kappa shape index (κ2) is 10.1. The van der Waals surface area contributed by atoms with E-state index >= 15 is 0 Å². The Bertz CT molecular complexity index is 646. The first-order chi connectivity index (χ1) is 13.6. The SMILES string of the molecule is CCOc1cc(CN2CC(C)NCC2C)ccc1OCC(=O)N1CCCCC1. The van der Waals surface area contributed by atoms with Crippen molar-refractivity contribution >= 4 is 5.91 Å². The number of rotatable bonds is 7. The lowest BCUT2D eigenvalue weighted by atomic mass is 10.1. The van der Waals surface area contributed by atoms with Gasteiger partial charge in [-0.25, -0.2) is 0 Å². The molecule has 2 aliphatic rings. The lowest BCUT2D eigenvalue weighted by molar-refractivity contribution is -0.134. The molecular weight excluding hydrogens is 354 g/mol. The number of likely N-dealkylation sites (tertiary alicyclic amines) is 1. The van der Waals surface area contributed by atoms with Crippen LogP contribution in [0.2, 0.25) is 0 Å². The van der Waals surface area contributed by atoms with Crippen LogP contribution in [0.25, 0.3) is 0 Å². The first-order valence-corrected chi connectivity index (χ1v) is 10.7. The van der Waals surface area contributed by atoms with Gasteiger partial charge in [0, 0.05) is 44.8 Å². The maximum absolute atomic E-state index is 12.4. The van der Waals surface area contributed by atoms with E-state index in [-0.39, 0.29) is 12.5 Å². The van der Waals surface area contributed by atoms with E-state index in [0.29, 0.717) is 24.4 Å². The Morgan fingerprint density at radius 3 is 2.68 bits per heavy atom. The molecule has 0 spiro atoms. The van der Waals surface area contributed by atoms with E-state index in [9.17, 15) is 4.79 Å². The maximum atomic E-state index is 12.4. The number of nitrogens with zero attached hydrogens (tertiary/aromatic N) is 2. The molecular formula is C22H35N3O3. The number of carbonyl (C=O) groups is 1. The van der Waals surface area contributed by atoms with Gasteiger partial charge in [-0.05, 0) is 57.7 Å². The van der Waals surface area contributed by atoms with Crippen molar-refractivity contribution in [2.45, 2.75) is 58.7 Å². The second-order valence-electron chi connectivity index (χ2n) is 8.03. The molecule has 2 saturated heterocycles. The van der Waals surface area contributed by atoms with Crippen molar-refractivity contribution in [3.63, 3.8) is 0 Å². The number of hydrogen-bond acceptors (Lipinski definition) is 5. The Hall–Kier alpha value is -1.79. The van der Waals surface area contributed by atoms with Crippen LogP contribution in [0.5, 0.6) is 11.5 Å². The Morgan fingerprint density at radius 1 is 1.14 bits per heavy atom. The molecule has 1 aromatic rings. The molecule has 156 valence electrons. The van der Waals surface area contributed by atoms with E-state index in [1.807, 2.05) is 17.9 Å². The maximum Gasteiger partial charge on any atom is 0.260 e. The molecule has 2 atom stereocenters. The topological polar surface area (TPSA) is 54.0 Å². The molecule has 0 saturated carbocycles. The third kappa shape index (κ3) is 5.61. The number of benzene rings is 1. The van der Waals surface area contributed by atoms with Gasteiger partial charge in [-0.2, -0.15) is 0 Å². The zero-order valence-corrected chi connectivity index (χ0v) is 17.6. The van der Waals surface area contributed by atoms with Crippen molar-refractivity contribution in [3.8, 4) is 11.5 Å². The molecule has 3 rings (SSSR count). The van der Waals surface area contributed by atoms with Gasteiger partial charge >= 0.3 is 0 Å². The summed E-state index contributed by atoms with van der Waals surface area (Å²) in [6.45, 7) is 11.7. The van der Waals surface area contributed by atoms with Crippen LogP contribution in [0, 0.1) is 0 Å². The summed E-state index contributed by atoms with van der Waals surface area (Å²) in [6.07, 6.45) is 3.40. The molecule has 2 aliphatic heterocycles. The fourth-order valence-corrected chi connectivity index (χ4v) is 3.96. The van der Waals surface area contributed by atoms with Crippen LogP contribution in [-0.4, -0.2) is 67.2 Å². The quantitative estimate of drug-likeness (QED) is 0.777. The molecule has 28 heavy (non-hydrogen) atoms. The van der Waals surface area contributed by atoms with Crippen LogP contribution in [0.1, 0.15) is 45.6 Å². The average Bonchev–Trinajstić information content (AvgIpc) is 2.71. The van der Waals surface area contributed by atoms with Gasteiger partial charge in [0.05, 0.1) is 6.61 Å². The third-order valence-corrected chi connectivity index (χ3v) is 5.65. The Labute approximate surface area is 169 Å². The number of amides is 1. The van der Waals surface area contributed by atoms with Crippen molar-refractivity contribution in [2.75, 3.05) is 39.4 Å². The van der Waals surface area contributed by atoms with Crippen LogP contribution in [0.4, 0.5) is 0 Å². The summed E-state index contributed by atoms with van der Waals surface area (Å²) in [5.74, 6) is 1.44. The van der Waals surface area contributed by atoms with E-state index < -0.39 is 0 Å². The van der Waals surface area contributed by atoms with Crippen molar-refractivity contribution in [1.82, 2.24) is 15.1 Å². The monoisotopic (exact) mass is 389 g/mol. The van der Waals surface area contributed by atoms with E-state index in [4.69, 9.17) is 9.47 Å². The molecule has 6 nitrogen and oxygen atoms in total. The number of nitrogens with one attached hydrogen (secondary N) is 1. The minimum atomic E-state index is 0.0647. The summed E-state index contributed by atoms with van der Waals surface area (Å²) in [5, 5.41) is 3.52. The standard InChI is InChI=1S/C22H35N3O3/c1-4-27-21-12-19(15-25-14-17(2)23-13-18(25)3)8-9-20(21)28-16-22(26)24-10-6-5-7-11-24/h8-9,12,17-18,23H,4-7,10-11,13-16H2,1-3H3. The van der Waals surface area contributed by atoms with Crippen molar-refractivity contribution in [3.05, 3.63) is 23.8 Å². The molecule has 6 heteroatoms. The van der Waals surface area contributed by atoms with Crippen LogP contribution >= 0.6 is 0 Å². The summed E-state index contributed by atoms with van der Waals surface area (Å²) in [5.41, 5.74) is 1.21. The van der Waals surface area contributed by atoms with E-state index in [1.165, 1.54) is 12.0 Å². The lowest BCUT2D eigenvalue weighted by Gasteiger charge is -2.37. The molecule has 1 N–H and O–H groups in total. The van der Waals surface area contributed by atoms with Crippen molar-refractivity contribution < 1.29 is 14.3 Å². The van der Waals surface area contributed by atoms with Crippen LogP contribution in [0.3, 0.4) is 0 Å². The van der Waals surface area contributed by atoms with E-state index in [2.05, 4.69) is 36.2 Å². The molecule has 0 aromatic heterocycles. The fraction of sp³-hybridized carbons (Fsp3) is 0.682. The molecule has 1 amide bonds.